The third-order valence-electron chi connectivity index (χ3n) is 8.89. The van der Waals surface area contributed by atoms with Crippen molar-refractivity contribution >= 4 is 43.5 Å². The number of hydrogen-bond acceptors (Lipinski definition) is 5. The van der Waals surface area contributed by atoms with Gasteiger partial charge in [-0.25, -0.2) is 8.42 Å². The van der Waals surface area contributed by atoms with E-state index in [-0.39, 0.29) is 29.8 Å². The fraction of sp³-hybridized carbons (Fsp3) is 0.316. The number of amides is 2. The molecule has 0 bridgehead atoms. The molecule has 0 radical (unpaired) electrons. The van der Waals surface area contributed by atoms with E-state index in [2.05, 4.69) is 21.2 Å². The van der Waals surface area contributed by atoms with Gasteiger partial charge >= 0.3 is 0 Å². The molecular weight excluding hydrogens is 690 g/mol. The first-order valence-corrected chi connectivity index (χ1v) is 18.4. The summed E-state index contributed by atoms with van der Waals surface area (Å²) in [5, 5.41) is 3.22. The second-order valence-corrected chi connectivity index (χ2v) is 15.0. The lowest BCUT2D eigenvalue weighted by molar-refractivity contribution is -0.140. The molecule has 8 nitrogen and oxygen atoms in total. The molecule has 0 aromatic heterocycles. The van der Waals surface area contributed by atoms with Crippen molar-refractivity contribution in [3.8, 4) is 5.75 Å². The number of carbonyl (C=O) groups is 2. The molecule has 1 saturated carbocycles. The van der Waals surface area contributed by atoms with Gasteiger partial charge in [0.2, 0.25) is 11.8 Å². The minimum Gasteiger partial charge on any atom is -0.496 e. The number of hydrogen-bond donors (Lipinski definition) is 1. The van der Waals surface area contributed by atoms with Crippen molar-refractivity contribution in [1.82, 2.24) is 10.2 Å². The van der Waals surface area contributed by atoms with Crippen LogP contribution in [0.3, 0.4) is 0 Å². The van der Waals surface area contributed by atoms with Crippen molar-refractivity contribution in [1.29, 1.82) is 0 Å². The summed E-state index contributed by atoms with van der Waals surface area (Å²) < 4.78 is 35.7. The third-order valence-corrected chi connectivity index (χ3v) is 11.3. The van der Waals surface area contributed by atoms with Crippen LogP contribution >= 0.6 is 15.9 Å². The van der Waals surface area contributed by atoms with E-state index >= 15 is 0 Å². The molecule has 0 spiro atoms. The van der Waals surface area contributed by atoms with Gasteiger partial charge in [-0.05, 0) is 89.6 Å². The molecular formula is C38H42BrN3O5S. The lowest BCUT2D eigenvalue weighted by atomic mass is 10.0. The van der Waals surface area contributed by atoms with Crippen molar-refractivity contribution in [2.75, 3.05) is 18.0 Å². The molecule has 0 heterocycles. The van der Waals surface area contributed by atoms with Gasteiger partial charge in [0, 0.05) is 19.0 Å². The molecule has 0 saturated heterocycles. The van der Waals surface area contributed by atoms with Gasteiger partial charge in [-0.1, -0.05) is 85.1 Å². The molecule has 1 aliphatic carbocycles. The zero-order valence-corrected chi connectivity index (χ0v) is 30.0. The maximum atomic E-state index is 14.7. The molecule has 1 aliphatic rings. The number of halogens is 1. The van der Waals surface area contributed by atoms with Crippen molar-refractivity contribution in [2.45, 2.75) is 69.5 Å². The Kier molecular flexibility index (Phi) is 11.6. The standard InChI is InChI=1S/C38H42BrN3O5S/c1-27-17-19-32(20-18-27)42(48(45,46)33-21-22-36(47-3)34(39)24-33)26-37(43)41(25-30-14-8-7-11-28(30)2)35(23-29-12-5-4-6-13-29)38(44)40-31-15-9-10-16-31/h4-8,11-14,17-22,24,31,35H,9-10,15-16,23,25-26H2,1-3H3,(H,40,44). The highest BCUT2D eigenvalue weighted by Crippen LogP contribution is 2.31. The van der Waals surface area contributed by atoms with Crippen LogP contribution in [0.1, 0.15) is 47.9 Å². The number of sulfonamides is 1. The van der Waals surface area contributed by atoms with Crippen molar-refractivity contribution in [2.24, 2.45) is 0 Å². The molecule has 1 unspecified atom stereocenters. The quantitative estimate of drug-likeness (QED) is 0.160. The summed E-state index contributed by atoms with van der Waals surface area (Å²) in [6, 6.07) is 28.0. The Hall–Kier alpha value is -4.15. The van der Waals surface area contributed by atoms with Gasteiger partial charge in [0.25, 0.3) is 10.0 Å². The summed E-state index contributed by atoms with van der Waals surface area (Å²) in [4.78, 5) is 30.5. The van der Waals surface area contributed by atoms with E-state index in [1.807, 2.05) is 80.6 Å². The highest BCUT2D eigenvalue weighted by molar-refractivity contribution is 9.10. The molecule has 0 aliphatic heterocycles. The van der Waals surface area contributed by atoms with Crippen molar-refractivity contribution < 1.29 is 22.7 Å². The smallest absolute Gasteiger partial charge is 0.264 e. The Morgan fingerprint density at radius 1 is 0.917 bits per heavy atom. The largest absolute Gasteiger partial charge is 0.496 e. The Balaban J connectivity index is 1.58. The van der Waals surface area contributed by atoms with Gasteiger partial charge in [-0.3, -0.25) is 13.9 Å². The number of rotatable bonds is 13. The molecule has 48 heavy (non-hydrogen) atoms. The summed E-state index contributed by atoms with van der Waals surface area (Å²) in [5.74, 6) is -0.248. The van der Waals surface area contributed by atoms with E-state index < -0.39 is 28.5 Å². The van der Waals surface area contributed by atoms with Gasteiger partial charge in [0.15, 0.2) is 0 Å². The first kappa shape index (κ1) is 35.2. The number of ether oxygens (including phenoxy) is 1. The average molecular weight is 733 g/mol. The fourth-order valence-corrected chi connectivity index (χ4v) is 8.20. The van der Waals surface area contributed by atoms with Crippen molar-refractivity contribution in [3.05, 3.63) is 124 Å². The Bertz CT molecular complexity index is 1830. The number of aryl methyl sites for hydroxylation is 2. The highest BCUT2D eigenvalue weighted by Gasteiger charge is 2.36. The molecule has 1 N–H and O–H groups in total. The number of anilines is 1. The monoisotopic (exact) mass is 731 g/mol. The third kappa shape index (κ3) is 8.46. The summed E-state index contributed by atoms with van der Waals surface area (Å²) >= 11 is 3.41. The average Bonchev–Trinajstić information content (AvgIpc) is 3.59. The van der Waals surface area contributed by atoms with Crippen LogP contribution in [0.15, 0.2) is 106 Å². The lowest BCUT2D eigenvalue weighted by Gasteiger charge is -2.34. The topological polar surface area (TPSA) is 96.0 Å². The first-order chi connectivity index (χ1) is 23.1. The maximum absolute atomic E-state index is 14.7. The van der Waals surface area contributed by atoms with Crippen molar-refractivity contribution in [3.63, 3.8) is 0 Å². The number of methoxy groups -OCH3 is 1. The summed E-state index contributed by atoms with van der Waals surface area (Å²) in [7, 11) is -2.74. The van der Waals surface area contributed by atoms with E-state index in [4.69, 9.17) is 4.74 Å². The molecule has 4 aromatic carbocycles. The van der Waals surface area contributed by atoms with Gasteiger partial charge in [0.1, 0.15) is 18.3 Å². The summed E-state index contributed by atoms with van der Waals surface area (Å²) in [5.41, 5.74) is 4.03. The number of nitrogens with one attached hydrogen (secondary N) is 1. The van der Waals surface area contributed by atoms with Crippen LogP contribution in [-0.2, 0) is 32.6 Å². The van der Waals surface area contributed by atoms with Gasteiger partial charge in [-0.2, -0.15) is 0 Å². The van der Waals surface area contributed by atoms with Crippen LogP contribution in [0.5, 0.6) is 5.75 Å². The predicted octanol–water partition coefficient (Wildman–Crippen LogP) is 6.97. The molecule has 10 heteroatoms. The molecule has 4 aromatic rings. The molecule has 5 rings (SSSR count). The van der Waals surface area contributed by atoms with Crippen LogP contribution in [0.25, 0.3) is 0 Å². The molecule has 2 amide bonds. The summed E-state index contributed by atoms with van der Waals surface area (Å²) in [6.45, 7) is 3.50. The van der Waals surface area contributed by atoms with Gasteiger partial charge in [0.05, 0.1) is 22.2 Å². The van der Waals surface area contributed by atoms with Gasteiger partial charge < -0.3 is 15.0 Å². The normalized spacial score (nSPS) is 13.9. The molecule has 1 fully saturated rings. The predicted molar refractivity (Wildman–Crippen MR) is 192 cm³/mol. The minimum atomic E-state index is -4.25. The van der Waals surface area contributed by atoms with E-state index in [1.165, 1.54) is 19.2 Å². The Labute approximate surface area is 292 Å². The molecule has 252 valence electrons. The van der Waals surface area contributed by atoms with E-state index in [0.29, 0.717) is 15.9 Å². The highest BCUT2D eigenvalue weighted by atomic mass is 79.9. The Morgan fingerprint density at radius 3 is 2.23 bits per heavy atom. The number of benzene rings is 4. The van der Waals surface area contributed by atoms with E-state index in [0.717, 1.165) is 52.2 Å². The van der Waals surface area contributed by atoms with Crippen LogP contribution < -0.4 is 14.4 Å². The van der Waals surface area contributed by atoms with Crippen LogP contribution in [0, 0.1) is 13.8 Å². The number of nitrogens with zero attached hydrogens (tertiary/aromatic N) is 2. The van der Waals surface area contributed by atoms with E-state index in [9.17, 15) is 18.0 Å². The van der Waals surface area contributed by atoms with Crippen LogP contribution in [0.4, 0.5) is 5.69 Å². The number of carbonyl (C=O) groups excluding carboxylic acids is 2. The lowest BCUT2D eigenvalue weighted by Crippen LogP contribution is -2.54. The zero-order chi connectivity index (χ0) is 34.3. The zero-order valence-electron chi connectivity index (χ0n) is 27.6. The van der Waals surface area contributed by atoms with Crippen LogP contribution in [-0.4, -0.2) is 50.9 Å². The SMILES string of the molecule is COc1ccc(S(=O)(=O)N(CC(=O)N(Cc2ccccc2C)C(Cc2ccccc2)C(=O)NC2CCCC2)c2ccc(C)cc2)cc1Br. The second kappa shape index (κ2) is 15.8. The minimum absolute atomic E-state index is 0.00573. The molecule has 1 atom stereocenters. The first-order valence-electron chi connectivity index (χ1n) is 16.2. The van der Waals surface area contributed by atoms with E-state index in [1.54, 1.807) is 23.1 Å². The van der Waals surface area contributed by atoms with Crippen LogP contribution in [0.2, 0.25) is 0 Å². The maximum Gasteiger partial charge on any atom is 0.264 e. The fourth-order valence-electron chi connectivity index (χ4n) is 6.07. The Morgan fingerprint density at radius 2 is 1.58 bits per heavy atom. The van der Waals surface area contributed by atoms with Gasteiger partial charge in [-0.15, -0.1) is 0 Å². The summed E-state index contributed by atoms with van der Waals surface area (Å²) in [6.07, 6.45) is 4.16. The second-order valence-electron chi connectivity index (χ2n) is 12.3.